The summed E-state index contributed by atoms with van der Waals surface area (Å²) in [4.78, 5) is 21.4. The van der Waals surface area contributed by atoms with Crippen LogP contribution in [0.15, 0.2) is 30.3 Å². The zero-order chi connectivity index (χ0) is 12.1. The normalized spacial score (nSPS) is 11.8. The molecule has 0 heterocycles. The van der Waals surface area contributed by atoms with Gasteiger partial charge in [0.05, 0.1) is 7.05 Å². The minimum Gasteiger partial charge on any atom is -0.480 e. The summed E-state index contributed by atoms with van der Waals surface area (Å²) in [5, 5.41) is 19.3. The number of carboxylic acids is 1. The molecule has 86 valence electrons. The fraction of sp³-hybridized carbons (Fsp3) is 0.300. The molecule has 1 aromatic carbocycles. The van der Waals surface area contributed by atoms with E-state index in [4.69, 9.17) is 5.11 Å². The van der Waals surface area contributed by atoms with Gasteiger partial charge in [-0.3, -0.25) is 0 Å². The predicted octanol–water partition coefficient (Wildman–Crippen LogP) is 0.806. The summed E-state index contributed by atoms with van der Waals surface area (Å²) >= 11 is 0. The maximum Gasteiger partial charge on any atom is 0.332 e. The predicted molar refractivity (Wildman–Crippen MR) is 56.3 cm³/mol. The summed E-state index contributed by atoms with van der Waals surface area (Å²) < 4.78 is 0. The second-order valence-electron chi connectivity index (χ2n) is 3.36. The van der Waals surface area contributed by atoms with E-state index in [1.165, 1.54) is 0 Å². The highest BCUT2D eigenvalue weighted by molar-refractivity contribution is 5.73. The molecule has 6 heteroatoms. The molecule has 0 amide bonds. The van der Waals surface area contributed by atoms with Crippen molar-refractivity contribution in [3.05, 3.63) is 46.0 Å². The van der Waals surface area contributed by atoms with Crippen molar-refractivity contribution in [2.75, 3.05) is 7.05 Å². The van der Waals surface area contributed by atoms with Gasteiger partial charge in [-0.2, -0.15) is 0 Å². The Kier molecular flexibility index (Phi) is 3.82. The van der Waals surface area contributed by atoms with E-state index in [0.29, 0.717) is 5.01 Å². The second kappa shape index (κ2) is 5.11. The number of carboxylic acid groups (broad SMARTS) is 1. The number of hydrogen-bond donors (Lipinski definition) is 1. The number of hydrogen-bond acceptors (Lipinski definition) is 3. The van der Waals surface area contributed by atoms with Crippen LogP contribution in [-0.4, -0.2) is 34.2 Å². The molecule has 1 N–H and O–H groups in total. The molecule has 0 aliphatic carbocycles. The first-order chi connectivity index (χ1) is 7.52. The lowest BCUT2D eigenvalue weighted by atomic mass is 10.1. The molecule has 0 aliphatic heterocycles. The van der Waals surface area contributed by atoms with Gasteiger partial charge in [-0.1, -0.05) is 30.3 Å². The van der Waals surface area contributed by atoms with Gasteiger partial charge in [-0.15, -0.1) is 5.01 Å². The molecule has 0 spiro atoms. The topological polar surface area (TPSA) is 83.7 Å². The Morgan fingerprint density at radius 1 is 1.50 bits per heavy atom. The summed E-state index contributed by atoms with van der Waals surface area (Å²) in [7, 11) is 1.15. The first-order valence-electron chi connectivity index (χ1n) is 4.66. The lowest BCUT2D eigenvalue weighted by molar-refractivity contribution is -0.654. The third kappa shape index (κ3) is 2.94. The van der Waals surface area contributed by atoms with Crippen LogP contribution in [0.3, 0.4) is 0 Å². The largest absolute Gasteiger partial charge is 0.480 e. The number of nitro groups is 1. The lowest BCUT2D eigenvalue weighted by Crippen LogP contribution is -2.43. The summed E-state index contributed by atoms with van der Waals surface area (Å²) in [5.41, 5.74) is 0.753. The number of benzene rings is 1. The lowest BCUT2D eigenvalue weighted by Gasteiger charge is -2.17. The van der Waals surface area contributed by atoms with Crippen LogP contribution in [0.4, 0.5) is 0 Å². The zero-order valence-corrected chi connectivity index (χ0v) is 8.74. The third-order valence-corrected chi connectivity index (χ3v) is 2.27. The summed E-state index contributed by atoms with van der Waals surface area (Å²) in [6.45, 7) is 0. The van der Waals surface area contributed by atoms with Crippen molar-refractivity contribution in [3.8, 4) is 0 Å². The standard InChI is InChI=1S/C10H12N2O4/c1-11(12(15)16)9(10(13)14)7-8-5-3-2-4-6-8/h2-6,9H,7H2,1H3,(H,13,14). The van der Waals surface area contributed by atoms with E-state index in [2.05, 4.69) is 0 Å². The van der Waals surface area contributed by atoms with Crippen LogP contribution in [0.25, 0.3) is 0 Å². The molecule has 0 saturated carbocycles. The number of carbonyl (C=O) groups is 1. The van der Waals surface area contributed by atoms with E-state index in [9.17, 15) is 14.9 Å². The number of aliphatic carboxylic acids is 1. The molecule has 1 unspecified atom stereocenters. The van der Waals surface area contributed by atoms with Gasteiger partial charge in [0.1, 0.15) is 0 Å². The van der Waals surface area contributed by atoms with Crippen molar-refractivity contribution in [1.29, 1.82) is 0 Å². The molecule has 0 bridgehead atoms. The van der Waals surface area contributed by atoms with E-state index in [0.717, 1.165) is 12.6 Å². The Morgan fingerprint density at radius 2 is 2.06 bits per heavy atom. The Balaban J connectivity index is 2.81. The van der Waals surface area contributed by atoms with Crippen molar-refractivity contribution in [2.45, 2.75) is 12.5 Å². The minimum absolute atomic E-state index is 0.105. The van der Waals surface area contributed by atoms with E-state index in [1.807, 2.05) is 0 Å². The molecule has 1 rings (SSSR count). The van der Waals surface area contributed by atoms with Gasteiger partial charge in [-0.25, -0.2) is 14.9 Å². The Labute approximate surface area is 92.2 Å². The zero-order valence-electron chi connectivity index (χ0n) is 8.74. The number of hydrazine groups is 1. The van der Waals surface area contributed by atoms with Crippen LogP contribution in [0.1, 0.15) is 5.56 Å². The SMILES string of the molecule is CN(C(Cc1ccccc1)C(=O)O)[N+](=O)[O-]. The van der Waals surface area contributed by atoms with Crippen molar-refractivity contribution in [2.24, 2.45) is 0 Å². The fourth-order valence-electron chi connectivity index (χ4n) is 1.33. The molecule has 0 aromatic heterocycles. The van der Waals surface area contributed by atoms with E-state index >= 15 is 0 Å². The van der Waals surface area contributed by atoms with Gasteiger partial charge in [0.2, 0.25) is 0 Å². The third-order valence-electron chi connectivity index (χ3n) is 2.27. The van der Waals surface area contributed by atoms with Gasteiger partial charge in [-0.05, 0) is 5.56 Å². The van der Waals surface area contributed by atoms with Crippen LogP contribution in [0, 0.1) is 10.1 Å². The van der Waals surface area contributed by atoms with Crippen LogP contribution in [0.5, 0.6) is 0 Å². The molecular weight excluding hydrogens is 212 g/mol. The van der Waals surface area contributed by atoms with E-state index < -0.39 is 17.0 Å². The van der Waals surface area contributed by atoms with Gasteiger partial charge >= 0.3 is 5.97 Å². The van der Waals surface area contributed by atoms with Crippen LogP contribution in [-0.2, 0) is 11.2 Å². The van der Waals surface area contributed by atoms with E-state index in [1.54, 1.807) is 30.3 Å². The average molecular weight is 224 g/mol. The molecule has 16 heavy (non-hydrogen) atoms. The molecule has 0 aliphatic rings. The smallest absolute Gasteiger partial charge is 0.332 e. The van der Waals surface area contributed by atoms with Gasteiger partial charge in [0.25, 0.3) is 0 Å². The molecule has 1 atom stereocenters. The number of likely N-dealkylation sites (N-methyl/N-ethyl adjacent to an activating group) is 1. The second-order valence-corrected chi connectivity index (χ2v) is 3.36. The van der Waals surface area contributed by atoms with Gasteiger partial charge in [0, 0.05) is 6.42 Å². The molecule has 1 aromatic rings. The van der Waals surface area contributed by atoms with Crippen LogP contribution < -0.4 is 0 Å². The quantitative estimate of drug-likeness (QED) is 0.591. The highest BCUT2D eigenvalue weighted by atomic mass is 16.7. The highest BCUT2D eigenvalue weighted by Crippen LogP contribution is 2.08. The first-order valence-corrected chi connectivity index (χ1v) is 4.66. The summed E-state index contributed by atoms with van der Waals surface area (Å²) in [6, 6.07) is 7.66. The van der Waals surface area contributed by atoms with E-state index in [-0.39, 0.29) is 6.42 Å². The molecule has 0 fully saturated rings. The monoisotopic (exact) mass is 224 g/mol. The molecule has 6 nitrogen and oxygen atoms in total. The fourth-order valence-corrected chi connectivity index (χ4v) is 1.33. The maximum absolute atomic E-state index is 10.9. The van der Waals surface area contributed by atoms with Crippen LogP contribution >= 0.6 is 0 Å². The van der Waals surface area contributed by atoms with Gasteiger partial charge < -0.3 is 5.11 Å². The first kappa shape index (κ1) is 12.0. The summed E-state index contributed by atoms with van der Waals surface area (Å²) in [6.07, 6.45) is 0.105. The molecular formula is C10H12N2O4. The molecule has 0 saturated heterocycles. The highest BCUT2D eigenvalue weighted by Gasteiger charge is 2.29. The summed E-state index contributed by atoms with van der Waals surface area (Å²) in [5.74, 6) is -1.21. The maximum atomic E-state index is 10.9. The van der Waals surface area contributed by atoms with Crippen molar-refractivity contribution >= 4 is 5.97 Å². The minimum atomic E-state index is -1.21. The van der Waals surface area contributed by atoms with Gasteiger partial charge in [0.15, 0.2) is 11.1 Å². The van der Waals surface area contributed by atoms with Crippen molar-refractivity contribution < 1.29 is 14.9 Å². The van der Waals surface area contributed by atoms with Crippen LogP contribution in [0.2, 0.25) is 0 Å². The van der Waals surface area contributed by atoms with Crippen molar-refractivity contribution in [1.82, 2.24) is 5.01 Å². The number of rotatable bonds is 5. The molecule has 0 radical (unpaired) electrons. The average Bonchev–Trinajstić information content (AvgIpc) is 2.26. The number of nitrogens with zero attached hydrogens (tertiary/aromatic N) is 2. The Bertz CT molecular complexity index is 380. The van der Waals surface area contributed by atoms with Crippen molar-refractivity contribution in [3.63, 3.8) is 0 Å². The Morgan fingerprint density at radius 3 is 2.50 bits per heavy atom. The Hall–Kier alpha value is -2.11.